The van der Waals surface area contributed by atoms with Crippen molar-refractivity contribution in [1.82, 2.24) is 0 Å². The molecule has 1 saturated heterocycles. The highest BCUT2D eigenvalue weighted by molar-refractivity contribution is 5.90. The molecule has 5 N–H and O–H groups in total. The van der Waals surface area contributed by atoms with Crippen molar-refractivity contribution < 1.29 is 49.5 Å². The number of nitro benzene ring substituents is 1. The number of hydrogen-bond acceptors (Lipinski definition) is 10. The molecule has 0 aromatic heterocycles. The molecule has 1 fully saturated rings. The number of benzene rings is 1. The highest BCUT2D eigenvalue weighted by Crippen LogP contribution is 2.35. The minimum absolute atomic E-state index is 0.152. The fourth-order valence-electron chi connectivity index (χ4n) is 2.74. The quantitative estimate of drug-likeness (QED) is 0.260. The first kappa shape index (κ1) is 21.0. The summed E-state index contributed by atoms with van der Waals surface area (Å²) in [6.07, 6.45) is -4.55. The van der Waals surface area contributed by atoms with Crippen LogP contribution in [0.25, 0.3) is 0 Å². The largest absolute Gasteiger partial charge is 0.490 e. The summed E-state index contributed by atoms with van der Waals surface area (Å²) in [5, 5.41) is 59.1. The lowest BCUT2D eigenvalue weighted by Crippen LogP contribution is -2.48. The maximum absolute atomic E-state index is 11.4. The minimum atomic E-state index is -2.14. The van der Waals surface area contributed by atoms with Crippen LogP contribution in [-0.2, 0) is 16.1 Å². The topological polar surface area (TPSA) is 189 Å². The molecule has 0 amide bonds. The van der Waals surface area contributed by atoms with Gasteiger partial charge in [0.1, 0.15) is 24.9 Å². The van der Waals surface area contributed by atoms with E-state index in [9.17, 15) is 35.3 Å². The molecule has 0 aliphatic carbocycles. The molecule has 1 unspecified atom stereocenters. The lowest BCUT2D eigenvalue weighted by molar-refractivity contribution is -0.385. The summed E-state index contributed by atoms with van der Waals surface area (Å²) in [5.74, 6) is -3.83. The second kappa shape index (κ2) is 8.12. The van der Waals surface area contributed by atoms with Crippen LogP contribution in [0.3, 0.4) is 0 Å². The second-order valence-corrected chi connectivity index (χ2v) is 5.78. The van der Waals surface area contributed by atoms with Crippen molar-refractivity contribution in [3.05, 3.63) is 33.4 Å². The summed E-state index contributed by atoms with van der Waals surface area (Å²) in [4.78, 5) is 21.8. The van der Waals surface area contributed by atoms with Crippen molar-refractivity contribution in [2.24, 2.45) is 0 Å². The molecule has 0 radical (unpaired) electrons. The fraction of sp³-hybridized carbons (Fsp3) is 0.533. The van der Waals surface area contributed by atoms with Crippen molar-refractivity contribution in [3.63, 3.8) is 0 Å². The van der Waals surface area contributed by atoms with Crippen LogP contribution in [0.5, 0.6) is 5.75 Å². The van der Waals surface area contributed by atoms with E-state index < -0.39 is 60.5 Å². The Hall–Kier alpha value is -2.35. The van der Waals surface area contributed by atoms with Gasteiger partial charge in [-0.15, -0.1) is 0 Å². The average Bonchev–Trinajstić information content (AvgIpc) is 2.90. The number of ether oxygens (including phenoxy) is 3. The molecule has 150 valence electrons. The minimum Gasteiger partial charge on any atom is -0.490 e. The van der Waals surface area contributed by atoms with Gasteiger partial charge in [-0.2, -0.15) is 0 Å². The summed E-state index contributed by atoms with van der Waals surface area (Å²) in [6, 6.07) is 1.87. The highest BCUT2D eigenvalue weighted by atomic mass is 16.7. The molecule has 1 aliphatic heterocycles. The number of carbonyl (C=O) groups is 1. The number of rotatable bonds is 8. The van der Waals surface area contributed by atoms with Gasteiger partial charge in [0, 0.05) is 12.1 Å². The number of carboxylic acids is 1. The first-order valence-electron chi connectivity index (χ1n) is 7.69. The van der Waals surface area contributed by atoms with Gasteiger partial charge in [-0.25, -0.2) is 4.79 Å². The monoisotopic (exact) mass is 389 g/mol. The molecule has 0 bridgehead atoms. The van der Waals surface area contributed by atoms with Crippen molar-refractivity contribution in [1.29, 1.82) is 0 Å². The standard InChI is InChI=1S/C15H19NO11/c1-25-10-3-8(14(21)22)7(2-9(10)16(23)24)5-26-15(6-18)13(20)12(19)11(4-17)27-15/h2-3,11-13,17-20H,4-6H2,1H3,(H,21,22)/t11-,12-,13+,15?/m1/s1. The molecular formula is C15H19NO11. The summed E-state index contributed by atoms with van der Waals surface area (Å²) < 4.78 is 15.3. The molecule has 4 atom stereocenters. The second-order valence-electron chi connectivity index (χ2n) is 5.78. The van der Waals surface area contributed by atoms with Crippen LogP contribution in [0, 0.1) is 10.1 Å². The molecule has 1 aromatic rings. The first-order chi connectivity index (χ1) is 12.7. The summed E-state index contributed by atoms with van der Waals surface area (Å²) >= 11 is 0. The van der Waals surface area contributed by atoms with E-state index in [2.05, 4.69) is 0 Å². The molecule has 1 heterocycles. The van der Waals surface area contributed by atoms with Gasteiger partial charge in [0.15, 0.2) is 5.75 Å². The third-order valence-electron chi connectivity index (χ3n) is 4.21. The molecule has 0 saturated carbocycles. The fourth-order valence-corrected chi connectivity index (χ4v) is 2.74. The Kier molecular flexibility index (Phi) is 6.30. The van der Waals surface area contributed by atoms with E-state index in [1.807, 2.05) is 0 Å². The van der Waals surface area contributed by atoms with Crippen LogP contribution < -0.4 is 4.74 Å². The van der Waals surface area contributed by atoms with Crippen molar-refractivity contribution in [2.75, 3.05) is 20.3 Å². The zero-order chi connectivity index (χ0) is 20.4. The smallest absolute Gasteiger partial charge is 0.336 e. The normalized spacial score (nSPS) is 27.5. The molecule has 12 heteroatoms. The molecule has 12 nitrogen and oxygen atoms in total. The molecule has 0 spiro atoms. The number of aromatic carboxylic acids is 1. The van der Waals surface area contributed by atoms with Crippen LogP contribution in [0.4, 0.5) is 5.69 Å². The Morgan fingerprint density at radius 3 is 2.48 bits per heavy atom. The Labute approximate surface area is 152 Å². The number of hydrogen-bond donors (Lipinski definition) is 5. The van der Waals surface area contributed by atoms with Gasteiger partial charge in [-0.1, -0.05) is 0 Å². The zero-order valence-electron chi connectivity index (χ0n) is 14.1. The van der Waals surface area contributed by atoms with Gasteiger partial charge in [-0.3, -0.25) is 10.1 Å². The van der Waals surface area contributed by atoms with Gasteiger partial charge >= 0.3 is 11.7 Å². The third kappa shape index (κ3) is 3.85. The van der Waals surface area contributed by atoms with Crippen LogP contribution >= 0.6 is 0 Å². The number of nitro groups is 1. The first-order valence-corrected chi connectivity index (χ1v) is 7.69. The number of methoxy groups -OCH3 is 1. The number of aliphatic hydroxyl groups is 4. The lowest BCUT2D eigenvalue weighted by atomic mass is 10.0. The van der Waals surface area contributed by atoms with Crippen LogP contribution in [0.1, 0.15) is 15.9 Å². The van der Waals surface area contributed by atoms with Gasteiger partial charge in [0.05, 0.1) is 30.8 Å². The van der Waals surface area contributed by atoms with E-state index in [0.717, 1.165) is 19.2 Å². The van der Waals surface area contributed by atoms with E-state index in [-0.39, 0.29) is 16.9 Å². The SMILES string of the molecule is COc1cc(C(=O)O)c(COC2(CO)O[C@H](CO)[C@@H](O)[C@@H]2O)cc1[N+](=O)[O-]. The Morgan fingerprint density at radius 2 is 2.04 bits per heavy atom. The molecular weight excluding hydrogens is 370 g/mol. The van der Waals surface area contributed by atoms with Crippen LogP contribution in [0.15, 0.2) is 12.1 Å². The summed E-state index contributed by atoms with van der Waals surface area (Å²) in [6.45, 7) is -2.21. The highest BCUT2D eigenvalue weighted by Gasteiger charge is 2.55. The number of aliphatic hydroxyl groups excluding tert-OH is 4. The third-order valence-corrected chi connectivity index (χ3v) is 4.21. The predicted octanol–water partition coefficient (Wildman–Crippen LogP) is -1.38. The van der Waals surface area contributed by atoms with Gasteiger partial charge in [0.25, 0.3) is 0 Å². The van der Waals surface area contributed by atoms with Gasteiger partial charge in [0.2, 0.25) is 5.79 Å². The summed E-state index contributed by atoms with van der Waals surface area (Å²) in [5.41, 5.74) is -1.03. The van der Waals surface area contributed by atoms with Gasteiger partial charge < -0.3 is 39.7 Å². The maximum Gasteiger partial charge on any atom is 0.336 e. The molecule has 1 aliphatic rings. The summed E-state index contributed by atoms with van der Waals surface area (Å²) in [7, 11) is 1.14. The van der Waals surface area contributed by atoms with E-state index in [4.69, 9.17) is 19.3 Å². The molecule has 27 heavy (non-hydrogen) atoms. The number of carboxylic acid groups (broad SMARTS) is 1. The van der Waals surface area contributed by atoms with E-state index in [1.54, 1.807) is 0 Å². The van der Waals surface area contributed by atoms with Crippen molar-refractivity contribution >= 4 is 11.7 Å². The van der Waals surface area contributed by atoms with Crippen LogP contribution in [0.2, 0.25) is 0 Å². The Balaban J connectivity index is 2.37. The maximum atomic E-state index is 11.4. The molecule has 1 aromatic carbocycles. The zero-order valence-corrected chi connectivity index (χ0v) is 14.1. The van der Waals surface area contributed by atoms with E-state index in [1.165, 1.54) is 0 Å². The van der Waals surface area contributed by atoms with Crippen molar-refractivity contribution in [3.8, 4) is 5.75 Å². The number of nitrogens with zero attached hydrogens (tertiary/aromatic N) is 1. The molecule has 2 rings (SSSR count). The van der Waals surface area contributed by atoms with E-state index >= 15 is 0 Å². The lowest BCUT2D eigenvalue weighted by Gasteiger charge is -2.30. The predicted molar refractivity (Wildman–Crippen MR) is 85.2 cm³/mol. The average molecular weight is 389 g/mol. The Bertz CT molecular complexity index is 724. The van der Waals surface area contributed by atoms with E-state index in [0.29, 0.717) is 0 Å². The van der Waals surface area contributed by atoms with Crippen molar-refractivity contribution in [2.45, 2.75) is 30.7 Å². The van der Waals surface area contributed by atoms with Crippen LogP contribution in [-0.4, -0.2) is 80.8 Å². The van der Waals surface area contributed by atoms with Gasteiger partial charge in [-0.05, 0) is 5.56 Å². The Morgan fingerprint density at radius 1 is 1.37 bits per heavy atom.